The van der Waals surface area contributed by atoms with Crippen LogP contribution in [0.5, 0.6) is 5.75 Å². The molecule has 0 radical (unpaired) electrons. The van der Waals surface area contributed by atoms with Crippen LogP contribution in [-0.4, -0.2) is 16.0 Å². The summed E-state index contributed by atoms with van der Waals surface area (Å²) in [6.45, 7) is 0. The fourth-order valence-corrected chi connectivity index (χ4v) is 1.000. The van der Waals surface area contributed by atoms with Gasteiger partial charge in [0.15, 0.2) is 0 Å². The predicted molar refractivity (Wildman–Crippen MR) is 42.2 cm³/mol. The van der Waals surface area contributed by atoms with Gasteiger partial charge in [-0.3, -0.25) is 9.59 Å². The highest BCUT2D eigenvalue weighted by molar-refractivity contribution is 5.94. The van der Waals surface area contributed by atoms with Gasteiger partial charge in [0.1, 0.15) is 11.3 Å². The molecule has 4 N–H and O–H groups in total. The number of hydrogen-bond acceptors (Lipinski definition) is 3. The van der Waals surface area contributed by atoms with Crippen molar-refractivity contribution in [2.45, 2.75) is 6.43 Å². The van der Waals surface area contributed by atoms with Gasteiger partial charge in [-0.1, -0.05) is 0 Å². The molecule has 1 aromatic rings. The number of aromatic nitrogens is 1. The number of amides is 1. The summed E-state index contributed by atoms with van der Waals surface area (Å²) < 4.78 is 24.6. The normalized spacial score (nSPS) is 10.5. The minimum absolute atomic E-state index is 0.677. The smallest absolute Gasteiger partial charge is 0.268 e. The minimum Gasteiger partial charge on any atom is -0.506 e. The summed E-state index contributed by atoms with van der Waals surface area (Å²) in [5.74, 6) is -2.18. The Hall–Kier alpha value is -1.92. The van der Waals surface area contributed by atoms with E-state index in [4.69, 9.17) is 10.8 Å². The lowest BCUT2D eigenvalue weighted by molar-refractivity contribution is 0.0981. The third kappa shape index (κ3) is 1.56. The van der Waals surface area contributed by atoms with Crippen LogP contribution >= 0.6 is 0 Å². The number of pyridine rings is 1. The molecule has 0 saturated carbocycles. The van der Waals surface area contributed by atoms with E-state index < -0.39 is 34.8 Å². The van der Waals surface area contributed by atoms with Gasteiger partial charge < -0.3 is 15.8 Å². The van der Waals surface area contributed by atoms with Gasteiger partial charge in [-0.05, 0) is 0 Å². The van der Waals surface area contributed by atoms with Crippen LogP contribution in [-0.2, 0) is 0 Å². The second-order valence-corrected chi connectivity index (χ2v) is 2.46. The first kappa shape index (κ1) is 10.2. The van der Waals surface area contributed by atoms with E-state index in [1.807, 2.05) is 4.98 Å². The number of hydrogen-bond donors (Lipinski definition) is 3. The molecule has 5 nitrogen and oxygen atoms in total. The van der Waals surface area contributed by atoms with Crippen LogP contribution in [0.15, 0.2) is 11.0 Å². The first-order valence-corrected chi connectivity index (χ1v) is 3.47. The highest BCUT2D eigenvalue weighted by Crippen LogP contribution is 2.28. The zero-order valence-electron chi connectivity index (χ0n) is 6.75. The Labute approximate surface area is 76.2 Å². The van der Waals surface area contributed by atoms with Gasteiger partial charge in [0.25, 0.3) is 17.9 Å². The Bertz CT molecular complexity index is 427. The van der Waals surface area contributed by atoms with E-state index >= 15 is 0 Å². The number of carbonyl (C=O) groups excluding carboxylic acids is 1. The molecule has 76 valence electrons. The number of halogens is 2. The van der Waals surface area contributed by atoms with E-state index in [1.54, 1.807) is 0 Å². The molecule has 1 amide bonds. The summed E-state index contributed by atoms with van der Waals surface area (Å²) in [6, 6.07) is 0. The van der Waals surface area contributed by atoms with Crippen LogP contribution in [0.1, 0.15) is 22.3 Å². The molecule has 0 bridgehead atoms. The van der Waals surface area contributed by atoms with Gasteiger partial charge in [-0.2, -0.15) is 0 Å². The van der Waals surface area contributed by atoms with Gasteiger partial charge in [0, 0.05) is 6.20 Å². The van der Waals surface area contributed by atoms with Crippen LogP contribution in [0.4, 0.5) is 8.78 Å². The van der Waals surface area contributed by atoms with Gasteiger partial charge in [-0.15, -0.1) is 0 Å². The Morgan fingerprint density at radius 1 is 1.57 bits per heavy atom. The number of alkyl halides is 2. The molecule has 14 heavy (non-hydrogen) atoms. The summed E-state index contributed by atoms with van der Waals surface area (Å²) in [5, 5.41) is 8.98. The third-order valence-corrected chi connectivity index (χ3v) is 1.58. The number of aromatic hydroxyl groups is 1. The number of H-pyrrole nitrogens is 1. The molecule has 0 aliphatic heterocycles. The third-order valence-electron chi connectivity index (χ3n) is 1.58. The largest absolute Gasteiger partial charge is 0.506 e. The van der Waals surface area contributed by atoms with Crippen molar-refractivity contribution in [1.29, 1.82) is 0 Å². The molecule has 0 unspecified atom stereocenters. The quantitative estimate of drug-likeness (QED) is 0.638. The maximum absolute atomic E-state index is 12.3. The molecular weight excluding hydrogens is 198 g/mol. The Kier molecular flexibility index (Phi) is 2.50. The summed E-state index contributed by atoms with van der Waals surface area (Å²) in [4.78, 5) is 23.5. The topological polar surface area (TPSA) is 96.2 Å². The van der Waals surface area contributed by atoms with E-state index in [2.05, 4.69) is 0 Å². The SMILES string of the molecule is NC(=O)c1c(C(F)F)c(O)c[nH]c1=O. The number of rotatable bonds is 2. The van der Waals surface area contributed by atoms with Crippen molar-refractivity contribution in [3.63, 3.8) is 0 Å². The van der Waals surface area contributed by atoms with Crippen LogP contribution in [0.25, 0.3) is 0 Å². The van der Waals surface area contributed by atoms with Gasteiger partial charge in [-0.25, -0.2) is 8.78 Å². The number of carbonyl (C=O) groups is 1. The van der Waals surface area contributed by atoms with E-state index in [9.17, 15) is 18.4 Å². The van der Waals surface area contributed by atoms with Crippen molar-refractivity contribution in [2.75, 3.05) is 0 Å². The number of primary amides is 1. The second kappa shape index (κ2) is 3.44. The highest BCUT2D eigenvalue weighted by Gasteiger charge is 2.23. The Morgan fingerprint density at radius 2 is 2.14 bits per heavy atom. The standard InChI is InChI=1S/C7H6F2N2O3/c8-5(9)3-2(12)1-11-7(14)4(3)6(10)13/h1,5,12H,(H2,10,13)(H,11,14). The van der Waals surface area contributed by atoms with E-state index in [0.717, 1.165) is 0 Å². The molecule has 0 saturated heterocycles. The molecule has 0 aliphatic rings. The van der Waals surface area contributed by atoms with Crippen molar-refractivity contribution in [3.8, 4) is 5.75 Å². The van der Waals surface area contributed by atoms with E-state index in [0.29, 0.717) is 6.20 Å². The molecule has 0 spiro atoms. The summed E-state index contributed by atoms with van der Waals surface area (Å²) in [5.41, 5.74) is 1.71. The summed E-state index contributed by atoms with van der Waals surface area (Å²) in [6.07, 6.45) is -2.46. The van der Waals surface area contributed by atoms with Crippen molar-refractivity contribution >= 4 is 5.91 Å². The zero-order chi connectivity index (χ0) is 10.9. The van der Waals surface area contributed by atoms with Crippen molar-refractivity contribution in [3.05, 3.63) is 27.7 Å². The van der Waals surface area contributed by atoms with Crippen LogP contribution in [0, 0.1) is 0 Å². The molecule has 1 heterocycles. The molecule has 0 fully saturated rings. The average molecular weight is 204 g/mol. The van der Waals surface area contributed by atoms with Gasteiger partial charge in [0.05, 0.1) is 5.56 Å². The van der Waals surface area contributed by atoms with E-state index in [1.165, 1.54) is 0 Å². The molecular formula is C7H6F2N2O3. The lowest BCUT2D eigenvalue weighted by Crippen LogP contribution is -2.25. The minimum atomic E-state index is -3.14. The average Bonchev–Trinajstić information content (AvgIpc) is 2.07. The van der Waals surface area contributed by atoms with Crippen molar-refractivity contribution in [2.24, 2.45) is 5.73 Å². The lowest BCUT2D eigenvalue weighted by Gasteiger charge is -2.06. The maximum atomic E-state index is 12.3. The fourth-order valence-electron chi connectivity index (χ4n) is 1.000. The summed E-state index contributed by atoms with van der Waals surface area (Å²) in [7, 11) is 0. The van der Waals surface area contributed by atoms with E-state index in [-0.39, 0.29) is 0 Å². The van der Waals surface area contributed by atoms with Crippen molar-refractivity contribution < 1.29 is 18.7 Å². The first-order chi connectivity index (χ1) is 6.45. The van der Waals surface area contributed by atoms with Crippen molar-refractivity contribution in [1.82, 2.24) is 4.98 Å². The van der Waals surface area contributed by atoms with Crippen LogP contribution < -0.4 is 11.3 Å². The molecule has 0 atom stereocenters. The highest BCUT2D eigenvalue weighted by atomic mass is 19.3. The first-order valence-electron chi connectivity index (χ1n) is 3.47. The number of nitrogens with two attached hydrogens (primary N) is 1. The number of aromatic amines is 1. The van der Waals surface area contributed by atoms with Gasteiger partial charge in [0.2, 0.25) is 0 Å². The summed E-state index contributed by atoms with van der Waals surface area (Å²) >= 11 is 0. The molecule has 7 heteroatoms. The number of nitrogens with one attached hydrogen (secondary N) is 1. The predicted octanol–water partition coefficient (Wildman–Crippen LogP) is 0.117. The fraction of sp³-hybridized carbons (Fsp3) is 0.143. The molecule has 0 aromatic carbocycles. The molecule has 0 aliphatic carbocycles. The maximum Gasteiger partial charge on any atom is 0.268 e. The lowest BCUT2D eigenvalue weighted by atomic mass is 10.1. The molecule has 1 rings (SSSR count). The molecule has 1 aromatic heterocycles. The Morgan fingerprint density at radius 3 is 2.50 bits per heavy atom. The van der Waals surface area contributed by atoms with Crippen LogP contribution in [0.2, 0.25) is 0 Å². The Balaban J connectivity index is 3.58. The van der Waals surface area contributed by atoms with Gasteiger partial charge >= 0.3 is 0 Å². The monoisotopic (exact) mass is 204 g/mol. The second-order valence-electron chi connectivity index (χ2n) is 2.46. The van der Waals surface area contributed by atoms with Crippen LogP contribution in [0.3, 0.4) is 0 Å². The zero-order valence-corrected chi connectivity index (χ0v) is 6.75.